The molecule has 25 heavy (non-hydrogen) atoms. The van der Waals surface area contributed by atoms with Crippen LogP contribution in [0.4, 0.5) is 5.69 Å². The number of carbonyl (C=O) groups excluding carboxylic acids is 1. The van der Waals surface area contributed by atoms with Gasteiger partial charge >= 0.3 is 0 Å². The van der Waals surface area contributed by atoms with Gasteiger partial charge in [0.1, 0.15) is 10.7 Å². The third-order valence-corrected chi connectivity index (χ3v) is 5.36. The van der Waals surface area contributed by atoms with Crippen molar-refractivity contribution in [3.8, 4) is 0 Å². The molecule has 1 aromatic carbocycles. The van der Waals surface area contributed by atoms with E-state index in [1.807, 2.05) is 12.1 Å². The lowest BCUT2D eigenvalue weighted by Gasteiger charge is -2.34. The van der Waals surface area contributed by atoms with E-state index < -0.39 is 0 Å². The lowest BCUT2D eigenvalue weighted by Crippen LogP contribution is -2.45. The third-order valence-electron chi connectivity index (χ3n) is 4.49. The first-order valence-electron chi connectivity index (χ1n) is 8.67. The molecule has 7 heteroatoms. The number of hydrogen-bond acceptors (Lipinski definition) is 6. The summed E-state index contributed by atoms with van der Waals surface area (Å²) in [7, 11) is 0. The number of anilines is 1. The zero-order valence-electron chi connectivity index (χ0n) is 14.6. The van der Waals surface area contributed by atoms with Gasteiger partial charge in [0.05, 0.1) is 0 Å². The quantitative estimate of drug-likeness (QED) is 0.825. The first-order chi connectivity index (χ1) is 12.2. The summed E-state index contributed by atoms with van der Waals surface area (Å²) < 4.78 is 0. The summed E-state index contributed by atoms with van der Waals surface area (Å²) in [6.45, 7) is 9.17. The van der Waals surface area contributed by atoms with Crippen LogP contribution in [-0.2, 0) is 13.1 Å². The second-order valence-electron chi connectivity index (χ2n) is 6.19. The Kier molecular flexibility index (Phi) is 6.14. The van der Waals surface area contributed by atoms with Crippen molar-refractivity contribution < 1.29 is 4.79 Å². The molecule has 0 unspecified atom stereocenters. The molecular weight excluding hydrogens is 334 g/mol. The maximum atomic E-state index is 12.2. The van der Waals surface area contributed by atoms with Gasteiger partial charge in [-0.05, 0) is 24.2 Å². The number of thiazole rings is 1. The SMILES string of the molecule is CCN1CCN(Cc2ccc(NC(=O)c3csc(CN)n3)cc2)CC1. The summed E-state index contributed by atoms with van der Waals surface area (Å²) in [6.07, 6.45) is 0. The molecular formula is C18H25N5OS. The van der Waals surface area contributed by atoms with Gasteiger partial charge in [-0.2, -0.15) is 0 Å². The van der Waals surface area contributed by atoms with Crippen molar-refractivity contribution in [3.63, 3.8) is 0 Å². The molecule has 1 saturated heterocycles. The Morgan fingerprint density at radius 2 is 1.88 bits per heavy atom. The van der Waals surface area contributed by atoms with Crippen LogP contribution < -0.4 is 11.1 Å². The minimum Gasteiger partial charge on any atom is -0.325 e. The number of nitrogens with one attached hydrogen (secondary N) is 1. The number of hydrogen-bond donors (Lipinski definition) is 2. The van der Waals surface area contributed by atoms with Crippen LogP contribution in [0, 0.1) is 0 Å². The van der Waals surface area contributed by atoms with Crippen LogP contribution in [0.25, 0.3) is 0 Å². The van der Waals surface area contributed by atoms with Crippen molar-refractivity contribution in [2.45, 2.75) is 20.0 Å². The Morgan fingerprint density at radius 1 is 1.20 bits per heavy atom. The summed E-state index contributed by atoms with van der Waals surface area (Å²) in [6, 6.07) is 8.06. The molecule has 3 rings (SSSR count). The van der Waals surface area contributed by atoms with Crippen molar-refractivity contribution >= 4 is 22.9 Å². The summed E-state index contributed by atoms with van der Waals surface area (Å²) >= 11 is 1.41. The molecule has 1 amide bonds. The second-order valence-corrected chi connectivity index (χ2v) is 7.13. The molecule has 0 spiro atoms. The zero-order chi connectivity index (χ0) is 17.6. The minimum atomic E-state index is -0.195. The minimum absolute atomic E-state index is 0.195. The van der Waals surface area contributed by atoms with E-state index in [0.717, 1.165) is 50.0 Å². The Balaban J connectivity index is 1.52. The topological polar surface area (TPSA) is 74.5 Å². The smallest absolute Gasteiger partial charge is 0.275 e. The molecule has 6 nitrogen and oxygen atoms in total. The average molecular weight is 359 g/mol. The van der Waals surface area contributed by atoms with Gasteiger partial charge in [-0.15, -0.1) is 11.3 Å². The summed E-state index contributed by atoms with van der Waals surface area (Å²) in [5, 5.41) is 5.39. The molecule has 0 bridgehead atoms. The van der Waals surface area contributed by atoms with Crippen LogP contribution in [-0.4, -0.2) is 53.4 Å². The Hall–Kier alpha value is -1.80. The van der Waals surface area contributed by atoms with E-state index in [-0.39, 0.29) is 5.91 Å². The van der Waals surface area contributed by atoms with E-state index >= 15 is 0 Å². The van der Waals surface area contributed by atoms with Crippen LogP contribution in [0.2, 0.25) is 0 Å². The molecule has 1 aromatic heterocycles. The molecule has 1 aliphatic rings. The van der Waals surface area contributed by atoms with Crippen molar-refractivity contribution in [1.82, 2.24) is 14.8 Å². The highest BCUT2D eigenvalue weighted by Gasteiger charge is 2.15. The van der Waals surface area contributed by atoms with Gasteiger partial charge < -0.3 is 16.0 Å². The van der Waals surface area contributed by atoms with Gasteiger partial charge in [-0.3, -0.25) is 9.69 Å². The molecule has 0 aliphatic carbocycles. The van der Waals surface area contributed by atoms with Gasteiger partial charge in [0.25, 0.3) is 5.91 Å². The molecule has 0 radical (unpaired) electrons. The summed E-state index contributed by atoms with van der Waals surface area (Å²) in [5.41, 5.74) is 8.00. The van der Waals surface area contributed by atoms with E-state index in [4.69, 9.17) is 5.73 Å². The van der Waals surface area contributed by atoms with Gasteiger partial charge in [0.15, 0.2) is 0 Å². The highest BCUT2D eigenvalue weighted by molar-refractivity contribution is 7.09. The van der Waals surface area contributed by atoms with E-state index in [1.54, 1.807) is 5.38 Å². The van der Waals surface area contributed by atoms with Crippen molar-refractivity contribution in [2.24, 2.45) is 5.73 Å². The molecule has 2 aromatic rings. The van der Waals surface area contributed by atoms with Crippen LogP contribution in [0.5, 0.6) is 0 Å². The zero-order valence-corrected chi connectivity index (χ0v) is 15.4. The molecule has 134 valence electrons. The molecule has 2 heterocycles. The molecule has 0 atom stereocenters. The van der Waals surface area contributed by atoms with Gasteiger partial charge in [0.2, 0.25) is 0 Å². The number of rotatable bonds is 6. The predicted octanol–water partition coefficient (Wildman–Crippen LogP) is 1.99. The van der Waals surface area contributed by atoms with Crippen molar-refractivity contribution in [2.75, 3.05) is 38.0 Å². The first kappa shape index (κ1) is 18.0. The fourth-order valence-corrected chi connectivity index (χ4v) is 3.57. The van der Waals surface area contributed by atoms with Gasteiger partial charge in [0, 0.05) is 50.3 Å². The normalized spacial score (nSPS) is 16.1. The highest BCUT2D eigenvalue weighted by Crippen LogP contribution is 2.15. The van der Waals surface area contributed by atoms with Gasteiger partial charge in [-0.25, -0.2) is 4.98 Å². The summed E-state index contributed by atoms with van der Waals surface area (Å²) in [4.78, 5) is 21.3. The molecule has 3 N–H and O–H groups in total. The predicted molar refractivity (Wildman–Crippen MR) is 102 cm³/mol. The van der Waals surface area contributed by atoms with E-state index in [9.17, 15) is 4.79 Å². The number of piperazine rings is 1. The molecule has 1 aliphatic heterocycles. The number of benzene rings is 1. The van der Waals surface area contributed by atoms with Crippen LogP contribution >= 0.6 is 11.3 Å². The number of amides is 1. The van der Waals surface area contributed by atoms with Crippen LogP contribution in [0.3, 0.4) is 0 Å². The third kappa shape index (κ3) is 4.85. The van der Waals surface area contributed by atoms with Crippen LogP contribution in [0.1, 0.15) is 28.0 Å². The van der Waals surface area contributed by atoms with E-state index in [1.165, 1.54) is 16.9 Å². The maximum Gasteiger partial charge on any atom is 0.275 e. The van der Waals surface area contributed by atoms with Crippen molar-refractivity contribution in [3.05, 3.63) is 45.9 Å². The average Bonchev–Trinajstić information content (AvgIpc) is 3.13. The molecule has 0 saturated carbocycles. The Bertz CT molecular complexity index is 692. The van der Waals surface area contributed by atoms with E-state index in [2.05, 4.69) is 39.2 Å². The van der Waals surface area contributed by atoms with Gasteiger partial charge in [-0.1, -0.05) is 19.1 Å². The molecule has 1 fully saturated rings. The number of aromatic nitrogens is 1. The fourth-order valence-electron chi connectivity index (χ4n) is 2.92. The lowest BCUT2D eigenvalue weighted by molar-refractivity contribution is 0.102. The number of nitrogens with zero attached hydrogens (tertiary/aromatic N) is 3. The number of carbonyl (C=O) groups is 1. The maximum absolute atomic E-state index is 12.2. The number of nitrogens with two attached hydrogens (primary N) is 1. The Morgan fingerprint density at radius 3 is 2.48 bits per heavy atom. The first-order valence-corrected chi connectivity index (χ1v) is 9.55. The van der Waals surface area contributed by atoms with Crippen molar-refractivity contribution in [1.29, 1.82) is 0 Å². The van der Waals surface area contributed by atoms with E-state index in [0.29, 0.717) is 12.2 Å². The number of likely N-dealkylation sites (N-methyl/N-ethyl adjacent to an activating group) is 1. The largest absolute Gasteiger partial charge is 0.325 e. The fraction of sp³-hybridized carbons (Fsp3) is 0.444. The monoisotopic (exact) mass is 359 g/mol. The van der Waals surface area contributed by atoms with Crippen LogP contribution in [0.15, 0.2) is 29.6 Å². The second kappa shape index (κ2) is 8.53. The highest BCUT2D eigenvalue weighted by atomic mass is 32.1. The summed E-state index contributed by atoms with van der Waals surface area (Å²) in [5.74, 6) is -0.195. The lowest BCUT2D eigenvalue weighted by atomic mass is 10.1. The standard InChI is InChI=1S/C18H25N5OS/c1-2-22-7-9-23(10-8-22)12-14-3-5-15(6-4-14)20-18(24)16-13-25-17(11-19)21-16/h3-6,13H,2,7-12,19H2,1H3,(H,20,24). The Labute approximate surface area is 152 Å².